The van der Waals surface area contributed by atoms with E-state index in [0.29, 0.717) is 16.7 Å². The van der Waals surface area contributed by atoms with Gasteiger partial charge < -0.3 is 0 Å². The van der Waals surface area contributed by atoms with Crippen LogP contribution in [0.15, 0.2) is 0 Å². The van der Waals surface area contributed by atoms with Crippen LogP contribution >= 0.6 is 0 Å². The predicted octanol–water partition coefficient (Wildman–Crippen LogP) is 2.52. The Morgan fingerprint density at radius 2 is 1.79 bits per heavy atom. The highest BCUT2D eigenvalue weighted by atomic mass is 15.2. The summed E-state index contributed by atoms with van der Waals surface area (Å²) in [7, 11) is 0. The molecule has 1 fully saturated rings. The number of rotatable bonds is 2. The molecule has 1 N–H and O–H groups in total. The van der Waals surface area contributed by atoms with Crippen LogP contribution in [-0.2, 0) is 6.42 Å². The lowest BCUT2D eigenvalue weighted by atomic mass is 10.0. The van der Waals surface area contributed by atoms with Crippen molar-refractivity contribution in [3.8, 4) is 0 Å². The zero-order chi connectivity index (χ0) is 10.6. The second-order valence-electron chi connectivity index (χ2n) is 5.37. The first-order chi connectivity index (χ1) is 6.41. The van der Waals surface area contributed by atoms with Gasteiger partial charge in [-0.25, -0.2) is 4.98 Å². The summed E-state index contributed by atoms with van der Waals surface area (Å²) in [6.45, 7) is 11.3. The van der Waals surface area contributed by atoms with Crippen LogP contribution < -0.4 is 0 Å². The minimum atomic E-state index is 0.334. The lowest BCUT2D eigenvalue weighted by molar-refractivity contribution is 0.457. The first kappa shape index (κ1) is 9.69. The fraction of sp³-hybridized carbons (Fsp3) is 0.818. The first-order valence-corrected chi connectivity index (χ1v) is 5.32. The standard InChI is InChI=1S/C11H19N3/c1-6-7-12-9(14-13-7)8-10(2,3)11(8,4)5/h8H,6H2,1-5H3,(H,12,13,14). The molecule has 0 unspecified atom stereocenters. The summed E-state index contributed by atoms with van der Waals surface area (Å²) in [6, 6.07) is 0. The van der Waals surface area contributed by atoms with Gasteiger partial charge in [0.15, 0.2) is 5.82 Å². The van der Waals surface area contributed by atoms with Gasteiger partial charge in [0.05, 0.1) is 0 Å². The van der Waals surface area contributed by atoms with E-state index in [0.717, 1.165) is 18.1 Å². The smallest absolute Gasteiger partial charge is 0.154 e. The van der Waals surface area contributed by atoms with E-state index in [1.807, 2.05) is 0 Å². The van der Waals surface area contributed by atoms with Crippen molar-refractivity contribution in [2.75, 3.05) is 0 Å². The molecule has 1 heterocycles. The van der Waals surface area contributed by atoms with Gasteiger partial charge >= 0.3 is 0 Å². The number of nitrogens with zero attached hydrogens (tertiary/aromatic N) is 2. The van der Waals surface area contributed by atoms with Gasteiger partial charge in [-0.1, -0.05) is 34.6 Å². The molecule has 78 valence electrons. The van der Waals surface area contributed by atoms with Crippen LogP contribution in [0, 0.1) is 10.8 Å². The van der Waals surface area contributed by atoms with Crippen LogP contribution in [0.3, 0.4) is 0 Å². The summed E-state index contributed by atoms with van der Waals surface area (Å²) in [5.41, 5.74) is 0.667. The fourth-order valence-corrected chi connectivity index (χ4v) is 2.44. The van der Waals surface area contributed by atoms with E-state index in [2.05, 4.69) is 49.8 Å². The molecule has 2 rings (SSSR count). The van der Waals surface area contributed by atoms with Crippen molar-refractivity contribution < 1.29 is 0 Å². The van der Waals surface area contributed by atoms with Crippen molar-refractivity contribution in [3.05, 3.63) is 11.6 Å². The third-order valence-electron chi connectivity index (χ3n) is 4.16. The molecule has 3 nitrogen and oxygen atoms in total. The van der Waals surface area contributed by atoms with Crippen molar-refractivity contribution in [1.29, 1.82) is 0 Å². The van der Waals surface area contributed by atoms with Gasteiger partial charge in [-0.05, 0) is 10.8 Å². The van der Waals surface area contributed by atoms with Crippen molar-refractivity contribution in [1.82, 2.24) is 15.2 Å². The molecule has 1 saturated carbocycles. The molecule has 0 saturated heterocycles. The Hall–Kier alpha value is -0.860. The molecule has 1 aromatic rings. The normalized spacial score (nSPS) is 23.8. The van der Waals surface area contributed by atoms with E-state index in [-0.39, 0.29) is 0 Å². The third kappa shape index (κ3) is 1.04. The summed E-state index contributed by atoms with van der Waals surface area (Å²) < 4.78 is 0. The average Bonchev–Trinajstić information content (AvgIpc) is 2.51. The maximum atomic E-state index is 4.52. The Morgan fingerprint density at radius 1 is 1.21 bits per heavy atom. The van der Waals surface area contributed by atoms with Crippen molar-refractivity contribution in [2.24, 2.45) is 10.8 Å². The summed E-state index contributed by atoms with van der Waals surface area (Å²) in [5, 5.41) is 7.30. The van der Waals surface area contributed by atoms with Crippen LogP contribution in [0.2, 0.25) is 0 Å². The zero-order valence-corrected chi connectivity index (χ0v) is 9.68. The summed E-state index contributed by atoms with van der Waals surface area (Å²) in [6.07, 6.45) is 0.931. The second kappa shape index (κ2) is 2.59. The first-order valence-electron chi connectivity index (χ1n) is 5.32. The highest BCUT2D eigenvalue weighted by Gasteiger charge is 2.66. The number of hydrogen-bond acceptors (Lipinski definition) is 2. The Kier molecular flexibility index (Phi) is 1.79. The monoisotopic (exact) mass is 193 g/mol. The second-order valence-corrected chi connectivity index (χ2v) is 5.37. The van der Waals surface area contributed by atoms with Gasteiger partial charge in [-0.15, -0.1) is 0 Å². The number of H-pyrrole nitrogens is 1. The van der Waals surface area contributed by atoms with Gasteiger partial charge in [0.1, 0.15) is 5.82 Å². The Balaban J connectivity index is 2.27. The summed E-state index contributed by atoms with van der Waals surface area (Å²) in [4.78, 5) is 4.52. The molecule has 0 amide bonds. The van der Waals surface area contributed by atoms with Crippen LogP contribution in [0.5, 0.6) is 0 Å². The number of nitrogens with one attached hydrogen (secondary N) is 1. The van der Waals surface area contributed by atoms with Crippen LogP contribution in [-0.4, -0.2) is 15.2 Å². The van der Waals surface area contributed by atoms with Crippen LogP contribution in [0.4, 0.5) is 0 Å². The van der Waals surface area contributed by atoms with Gasteiger partial charge in [-0.2, -0.15) is 5.10 Å². The molecule has 0 bridgehead atoms. The number of hydrogen-bond donors (Lipinski definition) is 1. The van der Waals surface area contributed by atoms with Crippen molar-refractivity contribution >= 4 is 0 Å². The molecule has 0 spiro atoms. The van der Waals surface area contributed by atoms with E-state index in [9.17, 15) is 0 Å². The molecular formula is C11H19N3. The van der Waals surface area contributed by atoms with E-state index in [1.54, 1.807) is 0 Å². The van der Waals surface area contributed by atoms with Crippen molar-refractivity contribution in [2.45, 2.75) is 47.0 Å². The molecule has 1 aliphatic carbocycles. The van der Waals surface area contributed by atoms with E-state index in [4.69, 9.17) is 0 Å². The van der Waals surface area contributed by atoms with E-state index in [1.165, 1.54) is 0 Å². The molecule has 1 aliphatic rings. The molecule has 3 heteroatoms. The number of aromatic amines is 1. The van der Waals surface area contributed by atoms with E-state index >= 15 is 0 Å². The molecule has 14 heavy (non-hydrogen) atoms. The Labute approximate surface area is 85.3 Å². The van der Waals surface area contributed by atoms with Gasteiger partial charge in [-0.3, -0.25) is 5.10 Å². The maximum Gasteiger partial charge on any atom is 0.154 e. The topological polar surface area (TPSA) is 41.6 Å². The van der Waals surface area contributed by atoms with Crippen LogP contribution in [0.1, 0.15) is 52.2 Å². The number of aryl methyl sites for hydroxylation is 1. The molecule has 0 atom stereocenters. The van der Waals surface area contributed by atoms with E-state index < -0.39 is 0 Å². The van der Waals surface area contributed by atoms with Crippen LogP contribution in [0.25, 0.3) is 0 Å². The van der Waals surface area contributed by atoms with Crippen molar-refractivity contribution in [3.63, 3.8) is 0 Å². The highest BCUT2D eigenvalue weighted by Crippen LogP contribution is 2.72. The minimum Gasteiger partial charge on any atom is -0.263 e. The zero-order valence-electron chi connectivity index (χ0n) is 9.68. The molecule has 1 aromatic heterocycles. The van der Waals surface area contributed by atoms with Gasteiger partial charge in [0.25, 0.3) is 0 Å². The molecule has 0 aliphatic heterocycles. The predicted molar refractivity (Wildman–Crippen MR) is 56.1 cm³/mol. The summed E-state index contributed by atoms with van der Waals surface area (Å²) in [5.74, 6) is 2.50. The molecule has 0 radical (unpaired) electrons. The lowest BCUT2D eigenvalue weighted by Gasteiger charge is -2.03. The largest absolute Gasteiger partial charge is 0.263 e. The van der Waals surface area contributed by atoms with Gasteiger partial charge in [0.2, 0.25) is 0 Å². The molecule has 0 aromatic carbocycles. The SMILES string of the molecule is CCc1nc(C2C(C)(C)C2(C)C)n[nH]1. The highest BCUT2D eigenvalue weighted by molar-refractivity contribution is 5.26. The summed E-state index contributed by atoms with van der Waals surface area (Å²) >= 11 is 0. The lowest BCUT2D eigenvalue weighted by Crippen LogP contribution is -1.95. The number of aromatic nitrogens is 3. The third-order valence-corrected chi connectivity index (χ3v) is 4.16. The fourth-order valence-electron chi connectivity index (χ4n) is 2.44. The Morgan fingerprint density at radius 3 is 2.14 bits per heavy atom. The Bertz CT molecular complexity index is 335. The molecular weight excluding hydrogens is 174 g/mol. The quantitative estimate of drug-likeness (QED) is 0.784. The van der Waals surface area contributed by atoms with Gasteiger partial charge in [0, 0.05) is 12.3 Å². The maximum absolute atomic E-state index is 4.52. The average molecular weight is 193 g/mol. The minimum absolute atomic E-state index is 0.334.